The van der Waals surface area contributed by atoms with Gasteiger partial charge in [0.1, 0.15) is 17.1 Å². The molecule has 26 heavy (non-hydrogen) atoms. The number of barbiturate groups is 1. The van der Waals surface area contributed by atoms with E-state index in [0.717, 1.165) is 22.6 Å². The molecule has 0 aromatic heterocycles. The summed E-state index contributed by atoms with van der Waals surface area (Å²) in [5.41, 5.74) is 1.07. The summed E-state index contributed by atoms with van der Waals surface area (Å²) >= 11 is 3.10. The number of carbonyl (C=O) groups is 3. The van der Waals surface area contributed by atoms with Crippen molar-refractivity contribution in [2.75, 3.05) is 4.90 Å². The number of halogens is 1. The van der Waals surface area contributed by atoms with Gasteiger partial charge in [0.15, 0.2) is 0 Å². The van der Waals surface area contributed by atoms with Gasteiger partial charge in [-0.2, -0.15) is 0 Å². The quantitative estimate of drug-likeness (QED) is 0.515. The van der Waals surface area contributed by atoms with Gasteiger partial charge in [0.25, 0.3) is 11.8 Å². The van der Waals surface area contributed by atoms with Crippen LogP contribution in [0.5, 0.6) is 11.5 Å². The molecule has 7 nitrogen and oxygen atoms in total. The van der Waals surface area contributed by atoms with Crippen molar-refractivity contribution in [3.63, 3.8) is 0 Å². The molecule has 3 N–H and O–H groups in total. The molecule has 0 saturated carbocycles. The zero-order chi connectivity index (χ0) is 19.0. The maximum atomic E-state index is 12.7. The molecule has 2 aromatic carbocycles. The van der Waals surface area contributed by atoms with Crippen molar-refractivity contribution in [1.29, 1.82) is 0 Å². The minimum Gasteiger partial charge on any atom is -0.507 e. The van der Waals surface area contributed by atoms with E-state index in [1.54, 1.807) is 24.3 Å². The van der Waals surface area contributed by atoms with Crippen molar-refractivity contribution in [3.8, 4) is 11.5 Å². The fraction of sp³-hybridized carbons (Fsp3) is 0.0556. The van der Waals surface area contributed by atoms with Crippen LogP contribution in [0.15, 0.2) is 46.4 Å². The highest BCUT2D eigenvalue weighted by molar-refractivity contribution is 9.10. The molecular formula is C18H13BrN2O5. The number of benzene rings is 2. The summed E-state index contributed by atoms with van der Waals surface area (Å²) in [5.74, 6) is -2.20. The van der Waals surface area contributed by atoms with Crippen LogP contribution in [0.4, 0.5) is 10.5 Å². The molecule has 1 aliphatic heterocycles. The van der Waals surface area contributed by atoms with Crippen molar-refractivity contribution < 1.29 is 24.6 Å². The average molecular weight is 417 g/mol. The first kappa shape index (κ1) is 17.7. The average Bonchev–Trinajstić information content (AvgIpc) is 2.57. The third-order valence-electron chi connectivity index (χ3n) is 3.79. The highest BCUT2D eigenvalue weighted by Crippen LogP contribution is 2.33. The molecule has 1 heterocycles. The van der Waals surface area contributed by atoms with Crippen LogP contribution in [-0.4, -0.2) is 28.1 Å². The van der Waals surface area contributed by atoms with Gasteiger partial charge < -0.3 is 10.2 Å². The van der Waals surface area contributed by atoms with Crippen molar-refractivity contribution in [2.24, 2.45) is 0 Å². The van der Waals surface area contributed by atoms with Crippen LogP contribution in [0.25, 0.3) is 6.08 Å². The number of hydrogen-bond donors (Lipinski definition) is 3. The molecule has 8 heteroatoms. The number of aromatic hydroxyl groups is 2. The van der Waals surface area contributed by atoms with Crippen molar-refractivity contribution in [2.45, 2.75) is 6.92 Å². The van der Waals surface area contributed by atoms with Gasteiger partial charge >= 0.3 is 6.03 Å². The summed E-state index contributed by atoms with van der Waals surface area (Å²) in [6.07, 6.45) is 1.16. The molecule has 0 spiro atoms. The Morgan fingerprint density at radius 2 is 1.69 bits per heavy atom. The molecule has 0 unspecified atom stereocenters. The minimum absolute atomic E-state index is 0.131. The van der Waals surface area contributed by atoms with E-state index >= 15 is 0 Å². The molecule has 1 saturated heterocycles. The Balaban J connectivity index is 2.05. The fourth-order valence-electron chi connectivity index (χ4n) is 2.42. The van der Waals surface area contributed by atoms with E-state index in [1.807, 2.05) is 6.92 Å². The second-order valence-corrected chi connectivity index (χ2v) is 6.51. The standard InChI is InChI=1S/C18H13BrN2O5/c1-9-2-4-11(5-3-9)21-17(25)12(16(24)20-18(21)26)6-10-7-13(19)15(23)8-14(10)22/h2-8,22-23H,1H3,(H,20,24,26)/b12-6-. The van der Waals surface area contributed by atoms with Crippen LogP contribution in [0, 0.1) is 6.92 Å². The van der Waals surface area contributed by atoms with Gasteiger partial charge in [0, 0.05) is 11.6 Å². The third-order valence-corrected chi connectivity index (χ3v) is 4.42. The largest absolute Gasteiger partial charge is 0.507 e. The molecule has 3 rings (SSSR count). The lowest BCUT2D eigenvalue weighted by Crippen LogP contribution is -2.54. The molecule has 2 aromatic rings. The van der Waals surface area contributed by atoms with Crippen molar-refractivity contribution >= 4 is 45.5 Å². The number of hydrogen-bond acceptors (Lipinski definition) is 5. The molecule has 0 radical (unpaired) electrons. The van der Waals surface area contributed by atoms with Crippen LogP contribution in [-0.2, 0) is 9.59 Å². The van der Waals surface area contributed by atoms with Gasteiger partial charge in [-0.15, -0.1) is 0 Å². The smallest absolute Gasteiger partial charge is 0.335 e. The zero-order valence-electron chi connectivity index (χ0n) is 13.5. The highest BCUT2D eigenvalue weighted by Gasteiger charge is 2.36. The van der Waals surface area contributed by atoms with Crippen molar-refractivity contribution in [1.82, 2.24) is 5.32 Å². The second kappa shape index (κ2) is 6.64. The number of imide groups is 2. The number of urea groups is 1. The number of amides is 4. The van der Waals surface area contributed by atoms with Crippen LogP contribution in [0.2, 0.25) is 0 Å². The van der Waals surface area contributed by atoms with E-state index in [4.69, 9.17) is 0 Å². The van der Waals surface area contributed by atoms with Gasteiger partial charge in [-0.25, -0.2) is 9.69 Å². The Labute approximate surface area is 156 Å². The number of carbonyl (C=O) groups excluding carboxylic acids is 3. The molecule has 4 amide bonds. The van der Waals surface area contributed by atoms with E-state index in [2.05, 4.69) is 21.2 Å². The Morgan fingerprint density at radius 1 is 1.04 bits per heavy atom. The summed E-state index contributed by atoms with van der Waals surface area (Å²) < 4.78 is 0.275. The number of aryl methyl sites for hydroxylation is 1. The lowest BCUT2D eigenvalue weighted by Gasteiger charge is -2.26. The van der Waals surface area contributed by atoms with Crippen LogP contribution < -0.4 is 10.2 Å². The molecule has 1 aliphatic rings. The van der Waals surface area contributed by atoms with Gasteiger partial charge in [-0.3, -0.25) is 14.9 Å². The van der Waals surface area contributed by atoms with E-state index in [1.165, 1.54) is 6.07 Å². The Bertz CT molecular complexity index is 966. The number of anilines is 1. The topological polar surface area (TPSA) is 107 Å². The lowest BCUT2D eigenvalue weighted by atomic mass is 10.1. The number of phenolic OH excluding ortho intramolecular Hbond substituents is 2. The summed E-state index contributed by atoms with van der Waals surface area (Å²) in [5, 5.41) is 21.6. The highest BCUT2D eigenvalue weighted by atomic mass is 79.9. The summed E-state index contributed by atoms with van der Waals surface area (Å²) in [7, 11) is 0. The predicted octanol–water partition coefficient (Wildman–Crippen LogP) is 2.84. The monoisotopic (exact) mass is 416 g/mol. The number of rotatable bonds is 2. The Kier molecular flexibility index (Phi) is 4.52. The van der Waals surface area contributed by atoms with Gasteiger partial charge in [-0.1, -0.05) is 17.7 Å². The summed E-state index contributed by atoms with van der Waals surface area (Å²) in [6, 6.07) is 8.23. The van der Waals surface area contributed by atoms with Gasteiger partial charge in [0.2, 0.25) is 0 Å². The Morgan fingerprint density at radius 3 is 2.35 bits per heavy atom. The maximum Gasteiger partial charge on any atom is 0.335 e. The number of nitrogens with zero attached hydrogens (tertiary/aromatic N) is 1. The SMILES string of the molecule is Cc1ccc(N2C(=O)NC(=O)/C(=C/c3cc(Br)c(O)cc3O)C2=O)cc1. The predicted molar refractivity (Wildman–Crippen MR) is 97.7 cm³/mol. The normalized spacial score (nSPS) is 16.2. The van der Waals surface area contributed by atoms with Crippen molar-refractivity contribution in [3.05, 3.63) is 57.6 Å². The maximum absolute atomic E-state index is 12.7. The molecule has 0 atom stereocenters. The lowest BCUT2D eigenvalue weighted by molar-refractivity contribution is -0.122. The van der Waals surface area contributed by atoms with Crippen LogP contribution >= 0.6 is 15.9 Å². The van der Waals surface area contributed by atoms with Gasteiger partial charge in [0.05, 0.1) is 10.2 Å². The summed E-state index contributed by atoms with van der Waals surface area (Å²) in [6.45, 7) is 1.86. The first-order valence-electron chi connectivity index (χ1n) is 7.47. The van der Waals surface area contributed by atoms with E-state index in [0.29, 0.717) is 5.69 Å². The van der Waals surface area contributed by atoms with Crippen LogP contribution in [0.3, 0.4) is 0 Å². The third kappa shape index (κ3) is 3.18. The fourth-order valence-corrected chi connectivity index (χ4v) is 2.78. The molecule has 1 fully saturated rings. The van der Waals surface area contributed by atoms with E-state index in [9.17, 15) is 24.6 Å². The summed E-state index contributed by atoms with van der Waals surface area (Å²) in [4.78, 5) is 37.8. The molecular weight excluding hydrogens is 404 g/mol. The van der Waals surface area contributed by atoms with E-state index < -0.39 is 17.8 Å². The molecule has 132 valence electrons. The minimum atomic E-state index is -0.869. The number of nitrogens with one attached hydrogen (secondary N) is 1. The Hall–Kier alpha value is -3.13. The first-order chi connectivity index (χ1) is 12.3. The van der Waals surface area contributed by atoms with Crippen LogP contribution in [0.1, 0.15) is 11.1 Å². The number of phenols is 2. The first-order valence-corrected chi connectivity index (χ1v) is 8.27. The zero-order valence-corrected chi connectivity index (χ0v) is 15.1. The van der Waals surface area contributed by atoms with Gasteiger partial charge in [-0.05, 0) is 47.1 Å². The van der Waals surface area contributed by atoms with E-state index in [-0.39, 0.29) is 27.1 Å². The molecule has 0 aliphatic carbocycles. The molecule has 0 bridgehead atoms. The second-order valence-electron chi connectivity index (χ2n) is 5.66.